The van der Waals surface area contributed by atoms with Gasteiger partial charge in [-0.3, -0.25) is 9.69 Å². The molecule has 1 fully saturated rings. The van der Waals surface area contributed by atoms with Gasteiger partial charge < -0.3 is 14.7 Å². The minimum absolute atomic E-state index is 0.0769. The number of ether oxygens (including phenoxy) is 1. The van der Waals surface area contributed by atoms with Crippen molar-refractivity contribution in [3.63, 3.8) is 0 Å². The summed E-state index contributed by atoms with van der Waals surface area (Å²) in [7, 11) is 0. The van der Waals surface area contributed by atoms with Crippen LogP contribution in [0.3, 0.4) is 0 Å². The first-order valence-corrected chi connectivity index (χ1v) is 9.11. The molecule has 6 heteroatoms. The van der Waals surface area contributed by atoms with Crippen LogP contribution in [-0.2, 0) is 0 Å². The number of hydrogen-bond acceptors (Lipinski definition) is 4. The van der Waals surface area contributed by atoms with E-state index in [0.29, 0.717) is 41.6 Å². The number of carbonyl (C=O) groups is 1. The first-order valence-electron chi connectivity index (χ1n) is 8.74. The van der Waals surface area contributed by atoms with Gasteiger partial charge in [0, 0.05) is 32.7 Å². The number of nitrogens with zero attached hydrogens (tertiary/aromatic N) is 2. The van der Waals surface area contributed by atoms with E-state index in [1.165, 1.54) is 0 Å². The minimum Gasteiger partial charge on any atom is -0.507 e. The van der Waals surface area contributed by atoms with Gasteiger partial charge in [0.25, 0.3) is 5.91 Å². The van der Waals surface area contributed by atoms with Crippen LogP contribution in [0.25, 0.3) is 0 Å². The molecule has 0 atom stereocenters. The molecule has 0 radical (unpaired) electrons. The molecule has 1 heterocycles. The number of piperazine rings is 1. The predicted octanol–water partition coefficient (Wildman–Crippen LogP) is 3.19. The average Bonchev–Trinajstić information content (AvgIpc) is 2.65. The second-order valence-corrected chi connectivity index (χ2v) is 6.79. The van der Waals surface area contributed by atoms with E-state index in [1.807, 2.05) is 24.3 Å². The van der Waals surface area contributed by atoms with E-state index < -0.39 is 0 Å². The lowest BCUT2D eigenvalue weighted by atomic mass is 10.1. The number of amides is 1. The van der Waals surface area contributed by atoms with E-state index in [2.05, 4.69) is 4.90 Å². The molecule has 1 saturated heterocycles. The predicted molar refractivity (Wildman–Crippen MR) is 102 cm³/mol. The Kier molecular flexibility index (Phi) is 6.01. The lowest BCUT2D eigenvalue weighted by Crippen LogP contribution is -2.49. The Morgan fingerprint density at radius 3 is 2.58 bits per heavy atom. The van der Waals surface area contributed by atoms with Crippen LogP contribution < -0.4 is 4.74 Å². The fraction of sp³-hybridized carbons (Fsp3) is 0.350. The topological polar surface area (TPSA) is 53.0 Å². The van der Waals surface area contributed by atoms with E-state index in [4.69, 9.17) is 16.3 Å². The summed E-state index contributed by atoms with van der Waals surface area (Å²) in [6.45, 7) is 5.97. The van der Waals surface area contributed by atoms with E-state index in [-0.39, 0.29) is 11.7 Å². The number of hydrogen-bond donors (Lipinski definition) is 1. The molecule has 5 nitrogen and oxygen atoms in total. The Morgan fingerprint density at radius 1 is 1.12 bits per heavy atom. The second kappa shape index (κ2) is 8.43. The van der Waals surface area contributed by atoms with Gasteiger partial charge in [-0.2, -0.15) is 0 Å². The van der Waals surface area contributed by atoms with Crippen molar-refractivity contribution in [2.24, 2.45) is 0 Å². The lowest BCUT2D eigenvalue weighted by Gasteiger charge is -2.34. The standard InChI is InChI=1S/C20H23ClN2O3/c1-15-5-4-6-16(19(15)24)20(25)23-11-9-22(10-12-23)13-14-26-18-8-3-2-7-17(18)21/h2-8,24H,9-14H2,1H3. The highest BCUT2D eigenvalue weighted by atomic mass is 35.5. The Morgan fingerprint density at radius 2 is 1.85 bits per heavy atom. The van der Waals surface area contributed by atoms with Crippen molar-refractivity contribution in [3.05, 3.63) is 58.6 Å². The third-order valence-electron chi connectivity index (χ3n) is 4.63. The monoisotopic (exact) mass is 374 g/mol. The average molecular weight is 375 g/mol. The van der Waals surface area contributed by atoms with Gasteiger partial charge in [-0.1, -0.05) is 35.9 Å². The number of aryl methyl sites for hydroxylation is 1. The smallest absolute Gasteiger partial charge is 0.257 e. The molecule has 0 aromatic heterocycles. The molecule has 1 aliphatic heterocycles. The number of benzene rings is 2. The zero-order valence-electron chi connectivity index (χ0n) is 14.8. The highest BCUT2D eigenvalue weighted by molar-refractivity contribution is 6.32. The van der Waals surface area contributed by atoms with Crippen LogP contribution in [0.2, 0.25) is 5.02 Å². The molecule has 0 bridgehead atoms. The quantitative estimate of drug-likeness (QED) is 0.873. The number of carbonyl (C=O) groups excluding carboxylic acids is 1. The van der Waals surface area contributed by atoms with Crippen LogP contribution in [-0.4, -0.2) is 60.1 Å². The highest BCUT2D eigenvalue weighted by Gasteiger charge is 2.24. The molecule has 1 aliphatic rings. The van der Waals surface area contributed by atoms with Crippen molar-refractivity contribution in [2.45, 2.75) is 6.92 Å². The number of aromatic hydroxyl groups is 1. The van der Waals surface area contributed by atoms with Crippen LogP contribution in [0, 0.1) is 6.92 Å². The van der Waals surface area contributed by atoms with Crippen LogP contribution in [0.5, 0.6) is 11.5 Å². The molecule has 1 amide bonds. The summed E-state index contributed by atoms with van der Waals surface area (Å²) < 4.78 is 5.72. The van der Waals surface area contributed by atoms with Gasteiger partial charge in [0.2, 0.25) is 0 Å². The zero-order valence-corrected chi connectivity index (χ0v) is 15.6. The maximum atomic E-state index is 12.6. The molecule has 0 spiro atoms. The second-order valence-electron chi connectivity index (χ2n) is 6.38. The Balaban J connectivity index is 1.47. The first kappa shape index (κ1) is 18.5. The summed E-state index contributed by atoms with van der Waals surface area (Å²) in [4.78, 5) is 16.7. The molecule has 26 heavy (non-hydrogen) atoms. The number of rotatable bonds is 5. The fourth-order valence-electron chi connectivity index (χ4n) is 3.02. The van der Waals surface area contributed by atoms with Crippen molar-refractivity contribution < 1.29 is 14.6 Å². The summed E-state index contributed by atoms with van der Waals surface area (Å²) in [6.07, 6.45) is 0. The molecule has 0 aliphatic carbocycles. The molecule has 2 aromatic rings. The van der Waals surface area contributed by atoms with E-state index in [0.717, 1.165) is 19.6 Å². The van der Waals surface area contributed by atoms with E-state index in [9.17, 15) is 9.90 Å². The number of phenols is 1. The Labute approximate surface area is 158 Å². The van der Waals surface area contributed by atoms with Gasteiger partial charge in [-0.15, -0.1) is 0 Å². The van der Waals surface area contributed by atoms with Crippen molar-refractivity contribution in [1.29, 1.82) is 0 Å². The van der Waals surface area contributed by atoms with Gasteiger partial charge in [0.1, 0.15) is 18.1 Å². The molecular formula is C20H23ClN2O3. The van der Waals surface area contributed by atoms with Crippen LogP contribution in [0.1, 0.15) is 15.9 Å². The molecular weight excluding hydrogens is 352 g/mol. The third kappa shape index (κ3) is 4.29. The minimum atomic E-state index is -0.113. The first-order chi connectivity index (χ1) is 12.6. The zero-order chi connectivity index (χ0) is 18.5. The molecule has 1 N–H and O–H groups in total. The summed E-state index contributed by atoms with van der Waals surface area (Å²) in [6, 6.07) is 12.7. The summed E-state index contributed by atoms with van der Waals surface area (Å²) in [5.41, 5.74) is 1.09. The van der Waals surface area contributed by atoms with Crippen molar-refractivity contribution in [2.75, 3.05) is 39.3 Å². The number of para-hydroxylation sites is 2. The maximum Gasteiger partial charge on any atom is 0.257 e. The molecule has 2 aromatic carbocycles. The normalized spacial score (nSPS) is 15.1. The lowest BCUT2D eigenvalue weighted by molar-refractivity contribution is 0.0617. The molecule has 138 valence electrons. The van der Waals surface area contributed by atoms with Crippen molar-refractivity contribution >= 4 is 17.5 Å². The largest absolute Gasteiger partial charge is 0.507 e. The Hall–Kier alpha value is -2.24. The summed E-state index contributed by atoms with van der Waals surface area (Å²) in [5, 5.41) is 10.7. The number of halogens is 1. The fourth-order valence-corrected chi connectivity index (χ4v) is 3.21. The summed E-state index contributed by atoms with van der Waals surface area (Å²) in [5.74, 6) is 0.657. The number of phenolic OH excluding ortho intramolecular Hbond substituents is 1. The highest BCUT2D eigenvalue weighted by Crippen LogP contribution is 2.24. The van der Waals surface area contributed by atoms with Gasteiger partial charge in [0.15, 0.2) is 0 Å². The van der Waals surface area contributed by atoms with Crippen LogP contribution in [0.15, 0.2) is 42.5 Å². The molecule has 0 saturated carbocycles. The van der Waals surface area contributed by atoms with E-state index in [1.54, 1.807) is 30.0 Å². The van der Waals surface area contributed by atoms with Crippen molar-refractivity contribution in [3.8, 4) is 11.5 Å². The summed E-state index contributed by atoms with van der Waals surface area (Å²) >= 11 is 6.08. The van der Waals surface area contributed by atoms with Crippen LogP contribution >= 0.6 is 11.6 Å². The van der Waals surface area contributed by atoms with Gasteiger partial charge in [-0.05, 0) is 30.7 Å². The molecule has 3 rings (SSSR count). The van der Waals surface area contributed by atoms with Gasteiger partial charge in [-0.25, -0.2) is 0 Å². The van der Waals surface area contributed by atoms with Gasteiger partial charge in [0.05, 0.1) is 10.6 Å². The molecule has 0 unspecified atom stereocenters. The Bertz CT molecular complexity index is 773. The van der Waals surface area contributed by atoms with Crippen LogP contribution in [0.4, 0.5) is 0 Å². The third-order valence-corrected chi connectivity index (χ3v) is 4.94. The van der Waals surface area contributed by atoms with E-state index >= 15 is 0 Å². The maximum absolute atomic E-state index is 12.6. The van der Waals surface area contributed by atoms with Gasteiger partial charge >= 0.3 is 0 Å². The van der Waals surface area contributed by atoms with Crippen molar-refractivity contribution in [1.82, 2.24) is 9.80 Å². The SMILES string of the molecule is Cc1cccc(C(=O)N2CCN(CCOc3ccccc3Cl)CC2)c1O.